The van der Waals surface area contributed by atoms with Gasteiger partial charge in [0.25, 0.3) is 0 Å². The van der Waals surface area contributed by atoms with E-state index < -0.39 is 0 Å². The number of hydrogen-bond donors (Lipinski definition) is 2. The van der Waals surface area contributed by atoms with E-state index in [0.717, 1.165) is 27.0 Å². The smallest absolute Gasteiger partial charge is 0.246 e. The number of halogens is 1. The molecule has 0 spiro atoms. The highest BCUT2D eigenvalue weighted by molar-refractivity contribution is 9.10. The van der Waals surface area contributed by atoms with Gasteiger partial charge in [-0.1, -0.05) is 58.4 Å². The van der Waals surface area contributed by atoms with Gasteiger partial charge in [-0.3, -0.25) is 4.79 Å². The summed E-state index contributed by atoms with van der Waals surface area (Å²) in [5, 5.41) is 0. The summed E-state index contributed by atoms with van der Waals surface area (Å²) in [7, 11) is 1.66. The number of amides is 1. The van der Waals surface area contributed by atoms with E-state index in [1.807, 2.05) is 59.5 Å². The van der Waals surface area contributed by atoms with Crippen LogP contribution in [0, 0.1) is 5.92 Å². The molecule has 5 nitrogen and oxygen atoms in total. The topological polar surface area (TPSA) is 53.6 Å². The lowest BCUT2D eigenvalue weighted by Gasteiger charge is -2.31. The van der Waals surface area contributed by atoms with Crippen LogP contribution < -0.4 is 20.5 Å². The van der Waals surface area contributed by atoms with E-state index in [9.17, 15) is 4.79 Å². The largest absolute Gasteiger partial charge is 0.497 e. The van der Waals surface area contributed by atoms with E-state index in [-0.39, 0.29) is 30.0 Å². The number of carbonyl (C=O) groups excluding carboxylic acids is 1. The Morgan fingerprint density at radius 2 is 1.50 bits per heavy atom. The third-order valence-corrected chi connectivity index (χ3v) is 6.56. The summed E-state index contributed by atoms with van der Waals surface area (Å²) in [6, 6.07) is 25.9. The second-order valence-corrected chi connectivity index (χ2v) is 8.55. The molecule has 4 atom stereocenters. The Morgan fingerprint density at radius 3 is 2.17 bits per heavy atom. The highest BCUT2D eigenvalue weighted by Gasteiger charge is 2.55. The summed E-state index contributed by atoms with van der Waals surface area (Å²) in [5.74, 6) is 0.941. The number of fused-ring (bicyclic) bond motifs is 1. The molecule has 3 aromatic carbocycles. The van der Waals surface area contributed by atoms with Crippen molar-refractivity contribution in [3.63, 3.8) is 0 Å². The number of benzene rings is 3. The van der Waals surface area contributed by atoms with Gasteiger partial charge in [-0.05, 0) is 47.5 Å². The van der Waals surface area contributed by atoms with E-state index in [1.165, 1.54) is 0 Å². The molecule has 5 rings (SSSR count). The molecule has 1 amide bonds. The zero-order valence-electron chi connectivity index (χ0n) is 16.5. The lowest BCUT2D eigenvalue weighted by Crippen LogP contribution is -2.41. The van der Waals surface area contributed by atoms with Gasteiger partial charge in [0.05, 0.1) is 19.2 Å². The Bertz CT molecular complexity index is 1040. The van der Waals surface area contributed by atoms with Crippen molar-refractivity contribution in [1.82, 2.24) is 10.9 Å². The standard InChI is InChI=1S/C24H22BrN3O2/c1-30-19-13-7-15(8-14-19)21-20-22(27-26-21)24(29)28(18-11-9-17(25)10-12-18)23(20)16-5-3-2-4-6-16/h2-14,20-23,26-27H,1H3. The zero-order valence-corrected chi connectivity index (χ0v) is 18.0. The molecule has 0 aliphatic carbocycles. The summed E-state index contributed by atoms with van der Waals surface area (Å²) >= 11 is 3.49. The third kappa shape index (κ3) is 3.21. The van der Waals surface area contributed by atoms with Crippen LogP contribution in [-0.2, 0) is 4.79 Å². The van der Waals surface area contributed by atoms with Crippen molar-refractivity contribution in [2.75, 3.05) is 12.0 Å². The van der Waals surface area contributed by atoms with E-state index in [0.29, 0.717) is 0 Å². The molecule has 2 fully saturated rings. The predicted molar refractivity (Wildman–Crippen MR) is 120 cm³/mol. The van der Waals surface area contributed by atoms with Crippen LogP contribution in [0.4, 0.5) is 5.69 Å². The van der Waals surface area contributed by atoms with Crippen LogP contribution in [0.15, 0.2) is 83.3 Å². The summed E-state index contributed by atoms with van der Waals surface area (Å²) in [6.45, 7) is 0. The first kappa shape index (κ1) is 19.3. The number of nitrogens with one attached hydrogen (secondary N) is 2. The lowest BCUT2D eigenvalue weighted by atomic mass is 9.83. The number of ether oxygens (including phenoxy) is 1. The van der Waals surface area contributed by atoms with Gasteiger partial charge in [0.1, 0.15) is 11.8 Å². The molecule has 6 heteroatoms. The Balaban J connectivity index is 1.59. The second kappa shape index (κ2) is 7.87. The van der Waals surface area contributed by atoms with E-state index >= 15 is 0 Å². The number of carbonyl (C=O) groups is 1. The van der Waals surface area contributed by atoms with Crippen LogP contribution in [0.25, 0.3) is 0 Å². The second-order valence-electron chi connectivity index (χ2n) is 7.63. The molecule has 2 aliphatic rings. The minimum Gasteiger partial charge on any atom is -0.497 e. The fraction of sp³-hybridized carbons (Fsp3) is 0.208. The van der Waals surface area contributed by atoms with Crippen LogP contribution in [0.1, 0.15) is 23.2 Å². The molecule has 4 unspecified atom stereocenters. The molecule has 0 aromatic heterocycles. The molecule has 0 saturated carbocycles. The van der Waals surface area contributed by atoms with Crippen molar-refractivity contribution >= 4 is 27.5 Å². The number of rotatable bonds is 4. The van der Waals surface area contributed by atoms with Gasteiger partial charge in [-0.15, -0.1) is 0 Å². The zero-order chi connectivity index (χ0) is 20.7. The molecule has 2 aliphatic heterocycles. The molecule has 3 aromatic rings. The maximum atomic E-state index is 13.5. The van der Waals surface area contributed by atoms with E-state index in [4.69, 9.17) is 4.74 Å². The van der Waals surface area contributed by atoms with E-state index in [2.05, 4.69) is 51.0 Å². The van der Waals surface area contributed by atoms with Crippen molar-refractivity contribution in [2.45, 2.75) is 18.1 Å². The van der Waals surface area contributed by atoms with Crippen LogP contribution in [0.2, 0.25) is 0 Å². The maximum Gasteiger partial charge on any atom is 0.246 e. The number of hydrogen-bond acceptors (Lipinski definition) is 4. The molecule has 2 N–H and O–H groups in total. The molecule has 0 radical (unpaired) electrons. The quantitative estimate of drug-likeness (QED) is 0.602. The van der Waals surface area contributed by atoms with Crippen LogP contribution >= 0.6 is 15.9 Å². The molecule has 2 saturated heterocycles. The maximum absolute atomic E-state index is 13.5. The number of hydrazine groups is 1. The average molecular weight is 464 g/mol. The van der Waals surface area contributed by atoms with Gasteiger partial charge < -0.3 is 9.64 Å². The Kier molecular flexibility index (Phi) is 5.06. The molecule has 0 bridgehead atoms. The predicted octanol–water partition coefficient (Wildman–Crippen LogP) is 4.38. The highest BCUT2D eigenvalue weighted by Crippen LogP contribution is 2.49. The summed E-state index contributed by atoms with van der Waals surface area (Å²) in [6.07, 6.45) is 0. The fourth-order valence-electron chi connectivity index (χ4n) is 4.64. The first-order chi connectivity index (χ1) is 14.7. The van der Waals surface area contributed by atoms with E-state index in [1.54, 1.807) is 7.11 Å². The van der Waals surface area contributed by atoms with Crippen molar-refractivity contribution < 1.29 is 9.53 Å². The van der Waals surface area contributed by atoms with Crippen molar-refractivity contribution in [1.29, 1.82) is 0 Å². The minimum atomic E-state index is -0.300. The van der Waals surface area contributed by atoms with Gasteiger partial charge >= 0.3 is 0 Å². The normalized spacial score (nSPS) is 25.4. The van der Waals surface area contributed by atoms with Gasteiger partial charge in [0.2, 0.25) is 5.91 Å². The summed E-state index contributed by atoms with van der Waals surface area (Å²) in [4.78, 5) is 15.5. The molecular formula is C24H22BrN3O2. The average Bonchev–Trinajstić information content (AvgIpc) is 3.34. The van der Waals surface area contributed by atoms with Gasteiger partial charge in [0, 0.05) is 16.1 Å². The molecular weight excluding hydrogens is 442 g/mol. The van der Waals surface area contributed by atoms with Crippen LogP contribution in [-0.4, -0.2) is 19.1 Å². The third-order valence-electron chi connectivity index (χ3n) is 6.03. The Hall–Kier alpha value is -2.67. The number of nitrogens with zero attached hydrogens (tertiary/aromatic N) is 1. The van der Waals surface area contributed by atoms with Crippen LogP contribution in [0.5, 0.6) is 5.75 Å². The molecule has 30 heavy (non-hydrogen) atoms. The number of methoxy groups -OCH3 is 1. The SMILES string of the molecule is COc1ccc(C2NNC3C(=O)N(c4ccc(Br)cc4)C(c4ccccc4)C32)cc1. The van der Waals surface area contributed by atoms with Crippen molar-refractivity contribution in [3.05, 3.63) is 94.5 Å². The van der Waals surface area contributed by atoms with Gasteiger partial charge in [-0.25, -0.2) is 10.9 Å². The fourth-order valence-corrected chi connectivity index (χ4v) is 4.91. The number of anilines is 1. The van der Waals surface area contributed by atoms with Gasteiger partial charge in [-0.2, -0.15) is 0 Å². The monoisotopic (exact) mass is 463 g/mol. The molecule has 2 heterocycles. The van der Waals surface area contributed by atoms with Crippen molar-refractivity contribution in [3.8, 4) is 5.75 Å². The minimum absolute atomic E-state index is 0.00416. The first-order valence-electron chi connectivity index (χ1n) is 9.96. The highest BCUT2D eigenvalue weighted by atomic mass is 79.9. The summed E-state index contributed by atoms with van der Waals surface area (Å²) in [5.41, 5.74) is 9.81. The first-order valence-corrected chi connectivity index (χ1v) is 10.8. The van der Waals surface area contributed by atoms with Crippen LogP contribution in [0.3, 0.4) is 0 Å². The Morgan fingerprint density at radius 1 is 0.833 bits per heavy atom. The Labute approximate surface area is 184 Å². The van der Waals surface area contributed by atoms with Crippen molar-refractivity contribution in [2.24, 2.45) is 5.92 Å². The molecule has 152 valence electrons. The summed E-state index contributed by atoms with van der Waals surface area (Å²) < 4.78 is 6.30. The lowest BCUT2D eigenvalue weighted by molar-refractivity contribution is -0.119. The van der Waals surface area contributed by atoms with Gasteiger partial charge in [0.15, 0.2) is 0 Å².